The average Bonchev–Trinajstić information content (AvgIpc) is 3.44. The fourth-order valence-corrected chi connectivity index (χ4v) is 6.35. The van der Waals surface area contributed by atoms with Gasteiger partial charge < -0.3 is 15.2 Å². The van der Waals surface area contributed by atoms with Gasteiger partial charge in [-0.15, -0.1) is 0 Å². The van der Waals surface area contributed by atoms with Gasteiger partial charge in [-0.1, -0.05) is 147 Å². The molecule has 2 radical (unpaired) electrons. The molecule has 0 aromatic rings. The molecule has 0 aliphatic carbocycles. The highest BCUT2D eigenvalue weighted by Gasteiger charge is 2.40. The fraction of sp³-hybridized carbons (Fsp3) is 0.829. The molecule has 1 aliphatic heterocycles. The number of aliphatic imine (C=N–C) groups is 1. The summed E-state index contributed by atoms with van der Waals surface area (Å²) in [6.07, 6.45) is 46.6. The van der Waals surface area contributed by atoms with E-state index in [0.717, 1.165) is 31.6 Å². The van der Waals surface area contributed by atoms with E-state index in [1.165, 1.54) is 141 Å². The van der Waals surface area contributed by atoms with Crippen molar-refractivity contribution in [2.75, 3.05) is 13.2 Å². The van der Waals surface area contributed by atoms with Crippen LogP contribution in [0.2, 0.25) is 0 Å². The third kappa shape index (κ3) is 25.7. The van der Waals surface area contributed by atoms with Gasteiger partial charge >= 0.3 is 0 Å². The molecule has 0 aromatic carbocycles. The van der Waals surface area contributed by atoms with Crippen LogP contribution >= 0.6 is 0 Å². The molecule has 1 aliphatic rings. The monoisotopic (exact) mass is 639 g/mol. The molecule has 2 N–H and O–H groups in total. The van der Waals surface area contributed by atoms with Gasteiger partial charge in [0.1, 0.15) is 0 Å². The van der Waals surface area contributed by atoms with Crippen LogP contribution in [0.25, 0.3) is 0 Å². The number of allylic oxidation sites excluding steroid dienone is 6. The normalized spacial score (nSPS) is 19.8. The minimum Gasteiger partial charge on any atom is -0.397 e. The van der Waals surface area contributed by atoms with E-state index in [1.807, 2.05) is 0 Å². The lowest BCUT2D eigenvalue weighted by molar-refractivity contribution is -0.179. The van der Waals surface area contributed by atoms with E-state index in [4.69, 9.17) is 23.1 Å². The summed E-state index contributed by atoms with van der Waals surface area (Å²) in [5, 5.41) is 0. The molecule has 3 atom stereocenters. The zero-order valence-corrected chi connectivity index (χ0v) is 30.8. The maximum absolute atomic E-state index is 6.59. The summed E-state index contributed by atoms with van der Waals surface area (Å²) in [4.78, 5) is 4.16. The van der Waals surface area contributed by atoms with E-state index in [-0.39, 0.29) is 11.8 Å². The van der Waals surface area contributed by atoms with E-state index in [2.05, 4.69) is 62.2 Å². The van der Waals surface area contributed by atoms with Crippen molar-refractivity contribution in [1.29, 1.82) is 0 Å². The van der Waals surface area contributed by atoms with Crippen LogP contribution in [-0.4, -0.2) is 38.6 Å². The zero-order chi connectivity index (χ0) is 33.4. The minimum atomic E-state index is -0.405. The Morgan fingerprint density at radius 3 is 1.91 bits per heavy atom. The first-order valence-corrected chi connectivity index (χ1v) is 19.8. The van der Waals surface area contributed by atoms with Gasteiger partial charge in [0.05, 0.1) is 12.7 Å². The number of nitrogens with two attached hydrogens (primary N) is 1. The van der Waals surface area contributed by atoms with Gasteiger partial charge in [0.25, 0.3) is 0 Å². The molecule has 3 unspecified atom stereocenters. The summed E-state index contributed by atoms with van der Waals surface area (Å²) in [6, 6.07) is 0. The number of amidine groups is 1. The van der Waals surface area contributed by atoms with Crippen LogP contribution in [0.3, 0.4) is 0 Å². The Morgan fingerprint density at radius 2 is 1.28 bits per heavy atom. The molecule has 0 aromatic heterocycles. The number of hydrogen-bond acceptors (Lipinski definition) is 3. The average molecular weight is 639 g/mol. The highest BCUT2D eigenvalue weighted by atomic mass is 16.7. The Morgan fingerprint density at radius 1 is 0.739 bits per heavy atom. The maximum atomic E-state index is 6.59. The standard InChI is InChI=1S/C41H75BN2O2/c1-4-6-8-10-11-12-13-14-15-16-17-18-19-21-25-29-34-41(45-37-39(46-41)33-36-44-40(42)43)35-30-26-22-20-24-28-32-38(3)31-27-23-9-7-5-2/h11-12,14-15,23,27,38-39H,4-10,13,16-22,24-26,28-37H2,1-3H3,(H2,43,44)/b12-11-,15-14-,27-23+. The highest BCUT2D eigenvalue weighted by Crippen LogP contribution is 2.35. The smallest absolute Gasteiger partial charge is 0.168 e. The number of unbranched alkanes of at least 4 members (excludes halogenated alkanes) is 16. The predicted octanol–water partition coefficient (Wildman–Crippen LogP) is 12.1. The van der Waals surface area contributed by atoms with Crippen molar-refractivity contribution in [3.05, 3.63) is 36.5 Å². The van der Waals surface area contributed by atoms with Gasteiger partial charge in [-0.25, -0.2) is 0 Å². The van der Waals surface area contributed by atoms with Crippen LogP contribution in [-0.2, 0) is 9.47 Å². The van der Waals surface area contributed by atoms with Crippen LogP contribution in [0.1, 0.15) is 188 Å². The summed E-state index contributed by atoms with van der Waals surface area (Å²) in [5.41, 5.74) is 5.68. The predicted molar refractivity (Wildman–Crippen MR) is 204 cm³/mol. The van der Waals surface area contributed by atoms with Gasteiger partial charge in [0.15, 0.2) is 13.6 Å². The molecule has 1 saturated heterocycles. The SMILES string of the molecule is [B]C(N)=NCCC1COC(CCCCCCCC/C=C\C/C=C\CCCCC)(CCCCCCCCC(C)C/C=C/CCCC)O1. The van der Waals surface area contributed by atoms with Crippen molar-refractivity contribution in [3.8, 4) is 0 Å². The highest BCUT2D eigenvalue weighted by molar-refractivity contribution is 6.58. The number of rotatable bonds is 32. The minimum absolute atomic E-state index is 0.0937. The quantitative estimate of drug-likeness (QED) is 0.0262. The third-order valence-corrected chi connectivity index (χ3v) is 9.35. The Labute approximate surface area is 288 Å². The van der Waals surface area contributed by atoms with Gasteiger partial charge in [-0.2, -0.15) is 0 Å². The topological polar surface area (TPSA) is 56.8 Å². The lowest BCUT2D eigenvalue weighted by Crippen LogP contribution is -2.31. The first-order chi connectivity index (χ1) is 22.5. The summed E-state index contributed by atoms with van der Waals surface area (Å²) in [7, 11) is 5.52. The third-order valence-electron chi connectivity index (χ3n) is 9.35. The van der Waals surface area contributed by atoms with E-state index in [9.17, 15) is 0 Å². The molecular weight excluding hydrogens is 563 g/mol. The largest absolute Gasteiger partial charge is 0.397 e. The Hall–Kier alpha value is -1.33. The van der Waals surface area contributed by atoms with Gasteiger partial charge in [0, 0.05) is 25.1 Å². The second kappa shape index (κ2) is 31.0. The van der Waals surface area contributed by atoms with Crippen molar-refractivity contribution < 1.29 is 9.47 Å². The van der Waals surface area contributed by atoms with Crippen molar-refractivity contribution >= 4 is 13.6 Å². The van der Waals surface area contributed by atoms with Crippen LogP contribution in [0.15, 0.2) is 41.4 Å². The number of nitrogens with zero attached hydrogens (tertiary/aromatic N) is 1. The Bertz CT molecular complexity index is 791. The van der Waals surface area contributed by atoms with E-state index < -0.39 is 5.79 Å². The first-order valence-electron chi connectivity index (χ1n) is 19.8. The van der Waals surface area contributed by atoms with Gasteiger partial charge in [0.2, 0.25) is 0 Å². The molecule has 0 bridgehead atoms. The van der Waals surface area contributed by atoms with Gasteiger partial charge in [-0.05, 0) is 70.1 Å². The van der Waals surface area contributed by atoms with E-state index in [1.54, 1.807) is 0 Å². The molecule has 0 amide bonds. The number of ether oxygens (including phenoxy) is 2. The fourth-order valence-electron chi connectivity index (χ4n) is 6.35. The summed E-state index contributed by atoms with van der Waals surface area (Å²) >= 11 is 0. The van der Waals surface area contributed by atoms with Crippen LogP contribution < -0.4 is 5.73 Å². The van der Waals surface area contributed by atoms with Crippen molar-refractivity contribution in [2.45, 2.75) is 200 Å². The molecule has 1 heterocycles. The van der Waals surface area contributed by atoms with Gasteiger partial charge in [-0.3, -0.25) is 4.99 Å². The Balaban J connectivity index is 2.23. The van der Waals surface area contributed by atoms with Crippen molar-refractivity contribution in [1.82, 2.24) is 0 Å². The summed E-state index contributed by atoms with van der Waals surface area (Å²) < 4.78 is 13.0. The summed E-state index contributed by atoms with van der Waals surface area (Å²) in [6.45, 7) is 8.20. The van der Waals surface area contributed by atoms with E-state index >= 15 is 0 Å². The molecule has 264 valence electrons. The summed E-state index contributed by atoms with van der Waals surface area (Å²) in [5.74, 6) is 0.409. The first kappa shape index (κ1) is 42.7. The van der Waals surface area contributed by atoms with Crippen LogP contribution in [0.5, 0.6) is 0 Å². The van der Waals surface area contributed by atoms with Crippen molar-refractivity contribution in [2.24, 2.45) is 16.6 Å². The van der Waals surface area contributed by atoms with Crippen LogP contribution in [0.4, 0.5) is 0 Å². The second-order valence-electron chi connectivity index (χ2n) is 14.0. The molecule has 5 heteroatoms. The van der Waals surface area contributed by atoms with E-state index in [0.29, 0.717) is 13.2 Å². The molecule has 4 nitrogen and oxygen atoms in total. The van der Waals surface area contributed by atoms with Crippen LogP contribution in [0, 0.1) is 5.92 Å². The molecule has 0 saturated carbocycles. The number of hydrogen-bond donors (Lipinski definition) is 1. The maximum Gasteiger partial charge on any atom is 0.168 e. The molecule has 1 rings (SSSR count). The van der Waals surface area contributed by atoms with Crippen molar-refractivity contribution in [3.63, 3.8) is 0 Å². The molecule has 46 heavy (non-hydrogen) atoms. The molecule has 1 fully saturated rings. The lowest BCUT2D eigenvalue weighted by Gasteiger charge is -2.28. The molecule has 0 spiro atoms. The zero-order valence-electron chi connectivity index (χ0n) is 30.8. The Kier molecular flexibility index (Phi) is 28.7. The molecular formula is C41H75BN2O2. The second-order valence-corrected chi connectivity index (χ2v) is 14.0. The lowest BCUT2D eigenvalue weighted by atomic mass is 9.97.